The first kappa shape index (κ1) is 27.1. The summed E-state index contributed by atoms with van der Waals surface area (Å²) in [7, 11) is 1.29. The molecule has 186 valence electrons. The third-order valence-corrected chi connectivity index (χ3v) is 5.54. The highest BCUT2D eigenvalue weighted by atomic mass is 32.2. The van der Waals surface area contributed by atoms with E-state index in [0.717, 1.165) is 16.7 Å². The zero-order valence-corrected chi connectivity index (χ0v) is 20.3. The van der Waals surface area contributed by atoms with E-state index in [1.807, 2.05) is 0 Å². The maximum Gasteiger partial charge on any atom is 0.387 e. The first-order chi connectivity index (χ1) is 15.8. The number of benzene rings is 1. The molecule has 9 nitrogen and oxygen atoms in total. The van der Waals surface area contributed by atoms with Crippen LogP contribution < -0.4 is 20.1 Å². The first-order valence-electron chi connectivity index (χ1n) is 10.3. The second-order valence-electron chi connectivity index (χ2n) is 8.36. The number of thioether (sulfide) groups is 1. The lowest BCUT2D eigenvalue weighted by Gasteiger charge is -2.21. The lowest BCUT2D eigenvalue weighted by atomic mass is 9.95. The van der Waals surface area contributed by atoms with Crippen molar-refractivity contribution in [1.29, 1.82) is 0 Å². The number of nitrogens with one attached hydrogen (secondary N) is 2. The topological polar surface area (TPSA) is 114 Å². The number of ether oxygens (including phenoxy) is 2. The lowest BCUT2D eigenvalue weighted by molar-refractivity contribution is -0.133. The van der Waals surface area contributed by atoms with Crippen molar-refractivity contribution in [2.75, 3.05) is 20.2 Å². The van der Waals surface area contributed by atoms with Gasteiger partial charge in [0, 0.05) is 18.5 Å². The Hall–Kier alpha value is -3.15. The van der Waals surface area contributed by atoms with E-state index in [4.69, 9.17) is 4.74 Å². The molecule has 12 heteroatoms. The van der Waals surface area contributed by atoms with Gasteiger partial charge in [-0.25, -0.2) is 0 Å². The summed E-state index contributed by atoms with van der Waals surface area (Å²) in [4.78, 5) is 50.2. The van der Waals surface area contributed by atoms with E-state index in [1.165, 1.54) is 38.3 Å². The third-order valence-electron chi connectivity index (χ3n) is 4.63. The molecule has 1 aliphatic heterocycles. The van der Waals surface area contributed by atoms with Crippen molar-refractivity contribution in [3.05, 3.63) is 28.7 Å². The van der Waals surface area contributed by atoms with E-state index in [9.17, 15) is 28.0 Å². The number of imide groups is 1. The van der Waals surface area contributed by atoms with Gasteiger partial charge < -0.3 is 20.1 Å². The molecule has 4 amide bonds. The van der Waals surface area contributed by atoms with Gasteiger partial charge in [-0.1, -0.05) is 26.8 Å². The SMILES string of the molecule is COc1cc(/C=C2\SC(=O)N(CCNC(=O)C(C)NC(=O)C(C)(C)C)C2=O)ccc1OC(F)F. The van der Waals surface area contributed by atoms with Gasteiger partial charge in [0.2, 0.25) is 11.8 Å². The van der Waals surface area contributed by atoms with Crippen LogP contribution in [-0.2, 0) is 14.4 Å². The minimum atomic E-state index is -3.02. The monoisotopic (exact) mass is 499 g/mol. The number of carbonyl (C=O) groups is 4. The fraction of sp³-hybridized carbons (Fsp3) is 0.455. The van der Waals surface area contributed by atoms with Crippen LogP contribution in [0.4, 0.5) is 13.6 Å². The van der Waals surface area contributed by atoms with Crippen LogP contribution in [-0.4, -0.2) is 60.7 Å². The van der Waals surface area contributed by atoms with Crippen molar-refractivity contribution in [3.8, 4) is 11.5 Å². The minimum Gasteiger partial charge on any atom is -0.493 e. The molecule has 1 aromatic carbocycles. The molecule has 1 unspecified atom stereocenters. The van der Waals surface area contributed by atoms with E-state index in [-0.39, 0.29) is 35.4 Å². The number of methoxy groups -OCH3 is 1. The fourth-order valence-electron chi connectivity index (χ4n) is 2.73. The van der Waals surface area contributed by atoms with E-state index in [0.29, 0.717) is 5.56 Å². The van der Waals surface area contributed by atoms with Crippen molar-refractivity contribution in [1.82, 2.24) is 15.5 Å². The van der Waals surface area contributed by atoms with E-state index < -0.39 is 35.1 Å². The number of nitrogens with zero attached hydrogens (tertiary/aromatic N) is 1. The van der Waals surface area contributed by atoms with Crippen LogP contribution in [0.2, 0.25) is 0 Å². The number of halogens is 2. The Balaban J connectivity index is 1.98. The molecule has 1 aromatic rings. The van der Waals surface area contributed by atoms with Crippen molar-refractivity contribution < 1.29 is 37.4 Å². The van der Waals surface area contributed by atoms with Crippen molar-refractivity contribution in [2.45, 2.75) is 40.3 Å². The Morgan fingerprint density at radius 3 is 2.47 bits per heavy atom. The first-order valence-corrected chi connectivity index (χ1v) is 11.1. The molecule has 1 aliphatic rings. The average molecular weight is 500 g/mol. The summed E-state index contributed by atoms with van der Waals surface area (Å²) in [5, 5.41) is 4.68. The van der Waals surface area contributed by atoms with Gasteiger partial charge in [-0.2, -0.15) is 8.78 Å². The Bertz CT molecular complexity index is 993. The van der Waals surface area contributed by atoms with Crippen LogP contribution in [0.25, 0.3) is 6.08 Å². The van der Waals surface area contributed by atoms with Crippen LogP contribution in [0.1, 0.15) is 33.3 Å². The highest BCUT2D eigenvalue weighted by Crippen LogP contribution is 2.34. The normalized spacial score (nSPS) is 16.1. The molecule has 34 heavy (non-hydrogen) atoms. The molecule has 0 saturated carbocycles. The molecule has 2 N–H and O–H groups in total. The van der Waals surface area contributed by atoms with Crippen LogP contribution >= 0.6 is 11.8 Å². The average Bonchev–Trinajstić information content (AvgIpc) is 3.00. The van der Waals surface area contributed by atoms with Crippen LogP contribution in [0, 0.1) is 5.41 Å². The number of carbonyl (C=O) groups excluding carboxylic acids is 4. The van der Waals surface area contributed by atoms with Gasteiger partial charge in [-0.05, 0) is 42.5 Å². The Morgan fingerprint density at radius 1 is 1.21 bits per heavy atom. The summed E-state index contributed by atoms with van der Waals surface area (Å²) in [6, 6.07) is 3.34. The fourth-order valence-corrected chi connectivity index (χ4v) is 3.60. The van der Waals surface area contributed by atoms with Gasteiger partial charge in [0.25, 0.3) is 11.1 Å². The summed E-state index contributed by atoms with van der Waals surface area (Å²) in [6.07, 6.45) is 1.43. The molecule has 1 heterocycles. The molecule has 0 aliphatic carbocycles. The van der Waals surface area contributed by atoms with Crippen molar-refractivity contribution in [3.63, 3.8) is 0 Å². The van der Waals surface area contributed by atoms with Gasteiger partial charge in [0.15, 0.2) is 11.5 Å². The van der Waals surface area contributed by atoms with Crippen LogP contribution in [0.5, 0.6) is 11.5 Å². The standard InChI is InChI=1S/C22H27F2N3O6S/c1-12(26-19(30)22(2,3)4)17(28)25-8-9-27-18(29)16(34-21(27)31)11-13-6-7-14(33-20(23)24)15(10-13)32-5/h6-7,10-12,20H,8-9H2,1-5H3,(H,25,28)(H,26,30)/b16-11-. The molecule has 2 rings (SSSR count). The number of amides is 4. The predicted octanol–water partition coefficient (Wildman–Crippen LogP) is 3.00. The maximum atomic E-state index is 12.6. The Labute approximate surface area is 200 Å². The van der Waals surface area contributed by atoms with Gasteiger partial charge in [-0.3, -0.25) is 24.1 Å². The van der Waals surface area contributed by atoms with E-state index in [1.54, 1.807) is 20.8 Å². The van der Waals surface area contributed by atoms with Gasteiger partial charge >= 0.3 is 6.61 Å². The maximum absolute atomic E-state index is 12.6. The van der Waals surface area contributed by atoms with Crippen LogP contribution in [0.3, 0.4) is 0 Å². The predicted molar refractivity (Wildman–Crippen MR) is 122 cm³/mol. The molecule has 0 radical (unpaired) electrons. The van der Waals surface area contributed by atoms with Gasteiger partial charge in [0.05, 0.1) is 12.0 Å². The number of alkyl halides is 2. The van der Waals surface area contributed by atoms with E-state index in [2.05, 4.69) is 15.4 Å². The second-order valence-corrected chi connectivity index (χ2v) is 9.35. The quantitative estimate of drug-likeness (QED) is 0.502. The zero-order chi connectivity index (χ0) is 25.6. The number of rotatable bonds is 9. The molecule has 0 spiro atoms. The summed E-state index contributed by atoms with van der Waals surface area (Å²) in [6.45, 7) is 3.64. The molecule has 1 saturated heterocycles. The van der Waals surface area contributed by atoms with Crippen molar-refractivity contribution in [2.24, 2.45) is 5.41 Å². The van der Waals surface area contributed by atoms with Gasteiger partial charge in [0.1, 0.15) is 6.04 Å². The minimum absolute atomic E-state index is 0.00731. The number of hydrogen-bond acceptors (Lipinski definition) is 7. The molecule has 1 atom stereocenters. The van der Waals surface area contributed by atoms with Gasteiger partial charge in [-0.15, -0.1) is 0 Å². The summed E-state index contributed by atoms with van der Waals surface area (Å²) in [5.74, 6) is -1.39. The summed E-state index contributed by atoms with van der Waals surface area (Å²) in [5.41, 5.74) is -0.205. The smallest absolute Gasteiger partial charge is 0.387 e. The second kappa shape index (κ2) is 11.3. The molecular formula is C22H27F2N3O6S. The molecule has 0 bridgehead atoms. The summed E-state index contributed by atoms with van der Waals surface area (Å²) < 4.78 is 34.3. The molecule has 1 fully saturated rings. The number of hydrogen-bond donors (Lipinski definition) is 2. The third kappa shape index (κ3) is 7.17. The zero-order valence-electron chi connectivity index (χ0n) is 19.4. The largest absolute Gasteiger partial charge is 0.493 e. The van der Waals surface area contributed by atoms with Crippen LogP contribution in [0.15, 0.2) is 23.1 Å². The molecular weight excluding hydrogens is 472 g/mol. The molecule has 0 aromatic heterocycles. The summed E-state index contributed by atoms with van der Waals surface area (Å²) >= 11 is 0.718. The lowest BCUT2D eigenvalue weighted by Crippen LogP contribution is -2.49. The highest BCUT2D eigenvalue weighted by molar-refractivity contribution is 8.18. The Kier molecular flexibility index (Phi) is 9.02. The van der Waals surface area contributed by atoms with Crippen molar-refractivity contribution >= 4 is 40.8 Å². The Morgan fingerprint density at radius 2 is 1.88 bits per heavy atom. The van der Waals surface area contributed by atoms with E-state index >= 15 is 0 Å². The highest BCUT2D eigenvalue weighted by Gasteiger charge is 2.35.